The van der Waals surface area contributed by atoms with Crippen molar-refractivity contribution in [2.24, 2.45) is 0 Å². The highest BCUT2D eigenvalue weighted by atomic mass is 32.2. The van der Waals surface area contributed by atoms with Gasteiger partial charge in [-0.2, -0.15) is 0 Å². The largest absolute Gasteiger partial charge is 0.337 e. The van der Waals surface area contributed by atoms with E-state index in [0.717, 1.165) is 6.07 Å². The first-order chi connectivity index (χ1) is 18.9. The Morgan fingerprint density at radius 1 is 1.23 bits per heavy atom. The zero-order chi connectivity index (χ0) is 32.2. The topological polar surface area (TPSA) is 118 Å². The first kappa shape index (κ1) is 10.9. The van der Waals surface area contributed by atoms with E-state index in [4.69, 9.17) is 21.0 Å². The van der Waals surface area contributed by atoms with Gasteiger partial charge < -0.3 is 9.84 Å². The number of amides is 1. The Hall–Kier alpha value is -2.98. The molecular weight excluding hydrogens is 426 g/mol. The van der Waals surface area contributed by atoms with Crippen LogP contribution < -0.4 is 10.0 Å². The molecule has 0 bridgehead atoms. The Labute approximate surface area is 195 Å². The second-order valence-electron chi connectivity index (χ2n) is 5.93. The van der Waals surface area contributed by atoms with Crippen LogP contribution in [0.25, 0.3) is 0 Å². The number of aryl methyl sites for hydroxylation is 3. The van der Waals surface area contributed by atoms with E-state index < -0.39 is 92.8 Å². The molecule has 1 aromatic carbocycles. The van der Waals surface area contributed by atoms with E-state index in [9.17, 15) is 18.0 Å². The number of nitrogens with zero attached hydrogens (tertiary/aromatic N) is 1. The summed E-state index contributed by atoms with van der Waals surface area (Å²) >= 11 is 0.574. The Morgan fingerprint density at radius 3 is 2.73 bits per heavy atom. The van der Waals surface area contributed by atoms with Gasteiger partial charge in [0.25, 0.3) is 15.9 Å². The molecule has 0 unspecified atom stereocenters. The number of hydrogen-bond donors (Lipinski definition) is 2. The van der Waals surface area contributed by atoms with Crippen molar-refractivity contribution in [1.82, 2.24) is 5.16 Å². The summed E-state index contributed by atoms with van der Waals surface area (Å²) in [4.78, 5) is 24.9. The van der Waals surface area contributed by atoms with Crippen LogP contribution in [0, 0.1) is 27.5 Å². The second kappa shape index (κ2) is 8.04. The SMILES string of the molecule is [2H]C([2H])([2H])C(=O)c1cc(C([2H])([2H])[2H])cc(C([2H])([2H])[2H])c1NC(=O)c1sccc1S(=O)(=O)Nc1onc(C([2H])([2H])[2H])c1C. The van der Waals surface area contributed by atoms with Gasteiger partial charge in [0.15, 0.2) is 5.78 Å². The van der Waals surface area contributed by atoms with Crippen molar-refractivity contribution >= 4 is 44.6 Å². The Kier molecular flexibility index (Phi) is 2.91. The van der Waals surface area contributed by atoms with Gasteiger partial charge in [-0.15, -0.1) is 11.3 Å². The highest BCUT2D eigenvalue weighted by Gasteiger charge is 2.27. The molecule has 0 aliphatic carbocycles. The number of ketones is 1. The normalized spacial score (nSPS) is 19.0. The summed E-state index contributed by atoms with van der Waals surface area (Å²) in [6.07, 6.45) is 0. The molecule has 1 amide bonds. The number of carbonyl (C=O) groups is 2. The lowest BCUT2D eigenvalue weighted by molar-refractivity contribution is 0.101. The van der Waals surface area contributed by atoms with Gasteiger partial charge in [-0.05, 0) is 63.0 Å². The lowest BCUT2D eigenvalue weighted by Gasteiger charge is -2.14. The number of hydrogen-bond acceptors (Lipinski definition) is 7. The summed E-state index contributed by atoms with van der Waals surface area (Å²) < 4.78 is 124. The number of carbonyl (C=O) groups excluding carboxylic acids is 2. The minimum Gasteiger partial charge on any atom is -0.337 e. The summed E-state index contributed by atoms with van der Waals surface area (Å²) in [5.74, 6) is -3.50. The van der Waals surface area contributed by atoms with Crippen LogP contribution in [0.3, 0.4) is 0 Å². The summed E-state index contributed by atoms with van der Waals surface area (Å²) in [6, 6.07) is 2.30. The van der Waals surface area contributed by atoms with Crippen molar-refractivity contribution < 1.29 is 39.0 Å². The van der Waals surface area contributed by atoms with E-state index in [0.29, 0.717) is 23.5 Å². The molecule has 0 saturated heterocycles. The molecule has 0 atom stereocenters. The van der Waals surface area contributed by atoms with Crippen LogP contribution in [-0.4, -0.2) is 25.3 Å². The fourth-order valence-electron chi connectivity index (χ4n) is 2.41. The van der Waals surface area contributed by atoms with Gasteiger partial charge >= 0.3 is 0 Å². The maximum Gasteiger partial charge on any atom is 0.267 e. The number of thiophene rings is 1. The monoisotopic (exact) mass is 459 g/mol. The maximum absolute atomic E-state index is 13.3. The standard InChI is InChI=1S/C20H21N3O5S2/c1-10-8-11(2)17(15(9-10)14(5)24)21-19(25)18-16(6-7-29-18)30(26,27)23-20-12(3)13(4)22-28-20/h6-9,23H,1-5H3,(H,21,25)/i1D3,2D3,4D3,5D3. The molecule has 2 aromatic heterocycles. The molecule has 10 heteroatoms. The molecule has 0 fully saturated rings. The van der Waals surface area contributed by atoms with Crippen LogP contribution in [0.1, 0.15) is 65.7 Å². The van der Waals surface area contributed by atoms with Gasteiger partial charge in [0.1, 0.15) is 9.77 Å². The van der Waals surface area contributed by atoms with E-state index in [1.165, 1.54) is 12.3 Å². The predicted molar refractivity (Wildman–Crippen MR) is 115 cm³/mol. The Bertz CT molecular complexity index is 1650. The quantitative estimate of drug-likeness (QED) is 0.533. The average Bonchev–Trinajstić information content (AvgIpc) is 3.44. The summed E-state index contributed by atoms with van der Waals surface area (Å²) in [7, 11) is -4.67. The smallest absolute Gasteiger partial charge is 0.267 e. The highest BCUT2D eigenvalue weighted by molar-refractivity contribution is 7.93. The third-order valence-corrected chi connectivity index (χ3v) is 6.31. The summed E-state index contributed by atoms with van der Waals surface area (Å²) in [5, 5.41) is 6.62. The van der Waals surface area contributed by atoms with Crippen LogP contribution in [0.15, 0.2) is 33.0 Å². The first-order valence-corrected chi connectivity index (χ1v) is 10.3. The Morgan fingerprint density at radius 2 is 2.07 bits per heavy atom. The molecule has 158 valence electrons. The second-order valence-corrected chi connectivity index (χ2v) is 8.50. The van der Waals surface area contributed by atoms with E-state index in [-0.39, 0.29) is 5.56 Å². The Balaban J connectivity index is 2.12. The van der Waals surface area contributed by atoms with Gasteiger partial charge in [-0.25, -0.2) is 13.1 Å². The molecule has 0 aliphatic heterocycles. The van der Waals surface area contributed by atoms with Gasteiger partial charge in [0, 0.05) is 27.6 Å². The first-order valence-electron chi connectivity index (χ1n) is 14.0. The molecule has 3 rings (SSSR count). The third-order valence-electron chi connectivity index (χ3n) is 3.90. The van der Waals surface area contributed by atoms with Gasteiger partial charge in [0.2, 0.25) is 5.88 Å². The molecule has 30 heavy (non-hydrogen) atoms. The van der Waals surface area contributed by atoms with Crippen molar-refractivity contribution in [2.75, 3.05) is 10.0 Å². The number of nitrogens with one attached hydrogen (secondary N) is 2. The number of aromatic nitrogens is 1. The molecule has 0 spiro atoms. The van der Waals surface area contributed by atoms with Crippen molar-refractivity contribution in [3.05, 3.63) is 56.4 Å². The maximum atomic E-state index is 13.3. The number of anilines is 2. The van der Waals surface area contributed by atoms with Crippen LogP contribution in [0.4, 0.5) is 11.6 Å². The third kappa shape index (κ3) is 4.14. The molecule has 0 radical (unpaired) electrons. The van der Waals surface area contributed by atoms with Gasteiger partial charge in [-0.3, -0.25) is 9.59 Å². The molecule has 0 saturated carbocycles. The van der Waals surface area contributed by atoms with Gasteiger partial charge in [0.05, 0.1) is 11.4 Å². The van der Waals surface area contributed by atoms with E-state index in [1.807, 2.05) is 4.72 Å². The van der Waals surface area contributed by atoms with Crippen LogP contribution >= 0.6 is 11.3 Å². The zero-order valence-corrected chi connectivity index (χ0v) is 16.7. The predicted octanol–water partition coefficient (Wildman–Crippen LogP) is 4.23. The number of sulfonamides is 1. The highest BCUT2D eigenvalue weighted by Crippen LogP contribution is 2.29. The minimum atomic E-state index is -4.67. The van der Waals surface area contributed by atoms with Crippen molar-refractivity contribution in [2.45, 2.75) is 39.2 Å². The number of Topliss-reactive ketones (excluding diaryl/α,β-unsaturated/α-hetero) is 1. The molecule has 2 heterocycles. The fraction of sp³-hybridized carbons (Fsp3) is 0.250. The average molecular weight is 460 g/mol. The molecule has 3 aromatic rings. The summed E-state index contributed by atoms with van der Waals surface area (Å²) in [6.45, 7) is -11.0. The lowest BCUT2D eigenvalue weighted by Crippen LogP contribution is -2.20. The molecule has 0 aliphatic rings. The molecular formula is C20H21N3O5S2. The van der Waals surface area contributed by atoms with Crippen LogP contribution in [0.2, 0.25) is 0 Å². The van der Waals surface area contributed by atoms with Gasteiger partial charge in [-0.1, -0.05) is 11.2 Å². The zero-order valence-electron chi connectivity index (χ0n) is 27.1. The molecule has 2 N–H and O–H groups in total. The van der Waals surface area contributed by atoms with Crippen molar-refractivity contribution in [3.8, 4) is 0 Å². The number of rotatable bonds is 6. The van der Waals surface area contributed by atoms with Crippen molar-refractivity contribution in [1.29, 1.82) is 0 Å². The summed E-state index contributed by atoms with van der Waals surface area (Å²) in [5.41, 5.74) is -3.98. The lowest BCUT2D eigenvalue weighted by atomic mass is 10.0. The van der Waals surface area contributed by atoms with E-state index >= 15 is 0 Å². The van der Waals surface area contributed by atoms with Crippen molar-refractivity contribution in [3.63, 3.8) is 0 Å². The fourth-order valence-corrected chi connectivity index (χ4v) is 4.78. The van der Waals surface area contributed by atoms with Crippen LogP contribution in [-0.2, 0) is 10.0 Å². The van der Waals surface area contributed by atoms with E-state index in [2.05, 4.69) is 10.5 Å². The minimum absolute atomic E-state index is 0.149. The van der Waals surface area contributed by atoms with Crippen LogP contribution in [0.5, 0.6) is 0 Å². The number of benzene rings is 1. The molecule has 8 nitrogen and oxygen atoms in total. The van der Waals surface area contributed by atoms with E-state index in [1.54, 1.807) is 0 Å².